The van der Waals surface area contributed by atoms with Crippen molar-refractivity contribution in [1.82, 2.24) is 5.32 Å². The van der Waals surface area contributed by atoms with E-state index in [1.165, 1.54) is 0 Å². The molecule has 1 saturated heterocycles. The van der Waals surface area contributed by atoms with Crippen LogP contribution in [0.1, 0.15) is 6.92 Å². The van der Waals surface area contributed by atoms with Crippen LogP contribution < -0.4 is 5.32 Å². The van der Waals surface area contributed by atoms with Crippen molar-refractivity contribution in [2.24, 2.45) is 0 Å². The van der Waals surface area contributed by atoms with Crippen molar-refractivity contribution in [2.45, 2.75) is 6.92 Å². The number of hydrogen-bond donors (Lipinski definition) is 1. The summed E-state index contributed by atoms with van der Waals surface area (Å²) in [6.45, 7) is 5.72. The highest BCUT2D eigenvalue weighted by Crippen LogP contribution is 1.76. The molecule has 0 amide bonds. The second kappa shape index (κ2) is 8.21. The Morgan fingerprint density at radius 1 is 1.44 bits per heavy atom. The summed E-state index contributed by atoms with van der Waals surface area (Å²) in [5, 5.41) is 3.16. The number of alkyl halides is 1. The van der Waals surface area contributed by atoms with E-state index in [1.807, 2.05) is 6.92 Å². The molecule has 0 bridgehead atoms. The maximum Gasteiger partial charge on any atom is 0.0591 e. The Balaban J connectivity index is 0.000000187. The normalized spacial score (nSPS) is 18.0. The lowest BCUT2D eigenvalue weighted by molar-refractivity contribution is 0.109. The SMILES string of the molecule is C1COCCN1.CCCl. The fourth-order valence-electron chi connectivity index (χ4n) is 0.516. The largest absolute Gasteiger partial charge is 0.379 e. The summed E-state index contributed by atoms with van der Waals surface area (Å²) in [4.78, 5) is 0. The van der Waals surface area contributed by atoms with Crippen LogP contribution in [-0.2, 0) is 4.74 Å². The first-order chi connectivity index (χ1) is 4.41. The van der Waals surface area contributed by atoms with Crippen LogP contribution in [0, 0.1) is 0 Å². The molecule has 1 N–H and O–H groups in total. The number of halogens is 1. The molecule has 9 heavy (non-hydrogen) atoms. The van der Waals surface area contributed by atoms with E-state index in [-0.39, 0.29) is 0 Å². The van der Waals surface area contributed by atoms with Crippen LogP contribution in [-0.4, -0.2) is 32.2 Å². The summed E-state index contributed by atoms with van der Waals surface area (Å²) in [6.07, 6.45) is 0. The molecule has 1 heterocycles. The van der Waals surface area contributed by atoms with E-state index in [0.29, 0.717) is 0 Å². The molecular weight excluding hydrogens is 138 g/mol. The lowest BCUT2D eigenvalue weighted by Crippen LogP contribution is -2.30. The lowest BCUT2D eigenvalue weighted by atomic mass is 10.5. The number of nitrogens with one attached hydrogen (secondary N) is 1. The van der Waals surface area contributed by atoms with Crippen molar-refractivity contribution in [3.63, 3.8) is 0 Å². The first kappa shape index (κ1) is 9.21. The van der Waals surface area contributed by atoms with Gasteiger partial charge < -0.3 is 10.1 Å². The van der Waals surface area contributed by atoms with E-state index in [0.717, 1.165) is 32.2 Å². The molecule has 0 aromatic rings. The Hall–Kier alpha value is 0.210. The van der Waals surface area contributed by atoms with Gasteiger partial charge in [0.2, 0.25) is 0 Å². The Kier molecular flexibility index (Phi) is 8.40. The third-order valence-corrected chi connectivity index (χ3v) is 0.846. The molecule has 0 aromatic carbocycles. The van der Waals surface area contributed by atoms with Crippen LogP contribution in [0.2, 0.25) is 0 Å². The van der Waals surface area contributed by atoms with Crippen molar-refractivity contribution >= 4 is 11.6 Å². The summed E-state index contributed by atoms with van der Waals surface area (Å²) in [6, 6.07) is 0. The Morgan fingerprint density at radius 2 is 1.89 bits per heavy atom. The average molecular weight is 152 g/mol. The van der Waals surface area contributed by atoms with E-state index >= 15 is 0 Å². The van der Waals surface area contributed by atoms with Gasteiger partial charge in [0.1, 0.15) is 0 Å². The van der Waals surface area contributed by atoms with Crippen LogP contribution in [0.5, 0.6) is 0 Å². The predicted molar refractivity (Wildman–Crippen MR) is 40.1 cm³/mol. The second-order valence-electron chi connectivity index (χ2n) is 1.63. The minimum absolute atomic E-state index is 0.722. The molecule has 0 spiro atoms. The summed E-state index contributed by atoms with van der Waals surface area (Å²) in [5.41, 5.74) is 0. The number of ether oxygens (including phenoxy) is 1. The van der Waals surface area contributed by atoms with E-state index in [2.05, 4.69) is 5.32 Å². The van der Waals surface area contributed by atoms with Crippen molar-refractivity contribution in [2.75, 3.05) is 32.2 Å². The molecule has 3 heteroatoms. The fraction of sp³-hybridized carbons (Fsp3) is 1.00. The van der Waals surface area contributed by atoms with Crippen molar-refractivity contribution < 1.29 is 4.74 Å². The molecule has 0 aromatic heterocycles. The molecular formula is C6H14ClNO. The highest BCUT2D eigenvalue weighted by Gasteiger charge is 1.92. The minimum atomic E-state index is 0.722. The lowest BCUT2D eigenvalue weighted by Gasteiger charge is -2.10. The molecule has 1 rings (SSSR count). The monoisotopic (exact) mass is 151 g/mol. The standard InChI is InChI=1S/C4H9NO.C2H5Cl/c1-3-6-4-2-5-1;1-2-3/h5H,1-4H2;2H2,1H3. The maximum atomic E-state index is 5.01. The van der Waals surface area contributed by atoms with E-state index < -0.39 is 0 Å². The van der Waals surface area contributed by atoms with Crippen LogP contribution in [0.4, 0.5) is 0 Å². The molecule has 0 saturated carbocycles. The van der Waals surface area contributed by atoms with Gasteiger partial charge in [0.25, 0.3) is 0 Å². The first-order valence-electron chi connectivity index (χ1n) is 3.26. The Bertz CT molecular complexity index is 36.8. The van der Waals surface area contributed by atoms with Gasteiger partial charge in [0.15, 0.2) is 0 Å². The van der Waals surface area contributed by atoms with Gasteiger partial charge in [-0.3, -0.25) is 0 Å². The molecule has 0 unspecified atom stereocenters. The third kappa shape index (κ3) is 8.21. The van der Waals surface area contributed by atoms with E-state index in [4.69, 9.17) is 16.3 Å². The topological polar surface area (TPSA) is 21.3 Å². The summed E-state index contributed by atoms with van der Waals surface area (Å²) in [7, 11) is 0. The van der Waals surface area contributed by atoms with E-state index in [9.17, 15) is 0 Å². The molecule has 0 radical (unpaired) electrons. The summed E-state index contributed by atoms with van der Waals surface area (Å²) in [5.74, 6) is 0.722. The molecule has 0 atom stereocenters. The quantitative estimate of drug-likeness (QED) is 0.519. The smallest absolute Gasteiger partial charge is 0.0591 e. The van der Waals surface area contributed by atoms with Gasteiger partial charge in [0.05, 0.1) is 13.2 Å². The van der Waals surface area contributed by atoms with Crippen LogP contribution in [0.25, 0.3) is 0 Å². The minimum Gasteiger partial charge on any atom is -0.379 e. The van der Waals surface area contributed by atoms with Gasteiger partial charge in [-0.15, -0.1) is 11.6 Å². The Morgan fingerprint density at radius 3 is 2.00 bits per heavy atom. The van der Waals surface area contributed by atoms with Crippen molar-refractivity contribution in [3.8, 4) is 0 Å². The van der Waals surface area contributed by atoms with Crippen LogP contribution in [0.15, 0.2) is 0 Å². The van der Waals surface area contributed by atoms with Gasteiger partial charge in [0, 0.05) is 19.0 Å². The average Bonchev–Trinajstić information content (AvgIpc) is 1.93. The zero-order valence-electron chi connectivity index (χ0n) is 5.82. The van der Waals surface area contributed by atoms with Gasteiger partial charge in [-0.05, 0) is 0 Å². The van der Waals surface area contributed by atoms with Gasteiger partial charge in [-0.25, -0.2) is 0 Å². The van der Waals surface area contributed by atoms with Gasteiger partial charge in [-0.1, -0.05) is 6.92 Å². The molecule has 1 fully saturated rings. The second-order valence-corrected chi connectivity index (χ2v) is 2.16. The van der Waals surface area contributed by atoms with Crippen LogP contribution >= 0.6 is 11.6 Å². The van der Waals surface area contributed by atoms with Gasteiger partial charge in [-0.2, -0.15) is 0 Å². The highest BCUT2D eigenvalue weighted by atomic mass is 35.5. The molecule has 56 valence electrons. The first-order valence-corrected chi connectivity index (χ1v) is 3.79. The Labute approximate surface area is 61.5 Å². The number of morpholine rings is 1. The summed E-state index contributed by atoms with van der Waals surface area (Å²) >= 11 is 5.00. The third-order valence-electron chi connectivity index (χ3n) is 0.846. The van der Waals surface area contributed by atoms with E-state index in [1.54, 1.807) is 0 Å². The zero-order valence-corrected chi connectivity index (χ0v) is 6.58. The number of hydrogen-bond acceptors (Lipinski definition) is 2. The molecule has 0 aliphatic carbocycles. The highest BCUT2D eigenvalue weighted by molar-refractivity contribution is 6.17. The molecule has 1 aliphatic rings. The zero-order chi connectivity index (χ0) is 6.95. The number of rotatable bonds is 0. The van der Waals surface area contributed by atoms with Crippen molar-refractivity contribution in [3.05, 3.63) is 0 Å². The fourth-order valence-corrected chi connectivity index (χ4v) is 0.516. The maximum absolute atomic E-state index is 5.01. The van der Waals surface area contributed by atoms with Gasteiger partial charge >= 0.3 is 0 Å². The van der Waals surface area contributed by atoms with Crippen molar-refractivity contribution in [1.29, 1.82) is 0 Å². The summed E-state index contributed by atoms with van der Waals surface area (Å²) < 4.78 is 5.01. The van der Waals surface area contributed by atoms with Crippen LogP contribution in [0.3, 0.4) is 0 Å². The molecule has 2 nitrogen and oxygen atoms in total. The molecule has 1 aliphatic heterocycles. The predicted octanol–water partition coefficient (Wildman–Crippen LogP) is 0.851.